The smallest absolute Gasteiger partial charge is 0.255 e. The molecule has 1 fully saturated rings. The number of hydrogen-bond donors (Lipinski definition) is 1. The summed E-state index contributed by atoms with van der Waals surface area (Å²) < 4.78 is 0. The highest BCUT2D eigenvalue weighted by molar-refractivity contribution is 6.02. The fourth-order valence-electron chi connectivity index (χ4n) is 5.30. The summed E-state index contributed by atoms with van der Waals surface area (Å²) in [6.07, 6.45) is 3.13. The molecule has 3 atom stereocenters. The Bertz CT molecular complexity index is 1110. The van der Waals surface area contributed by atoms with Crippen LogP contribution in [0.25, 0.3) is 10.9 Å². The zero-order valence-electron chi connectivity index (χ0n) is 17.5. The second-order valence-corrected chi connectivity index (χ2v) is 8.96. The van der Waals surface area contributed by atoms with Crippen LogP contribution in [0.2, 0.25) is 0 Å². The van der Waals surface area contributed by atoms with E-state index in [0.717, 1.165) is 41.5 Å². The number of likely N-dealkylation sites (tertiary alicyclic amines) is 1. The third-order valence-corrected chi connectivity index (χ3v) is 6.50. The van der Waals surface area contributed by atoms with Crippen LogP contribution in [0.1, 0.15) is 47.8 Å². The number of carbonyl (C=O) groups is 2. The molecule has 0 bridgehead atoms. The molecule has 1 saturated heterocycles. The van der Waals surface area contributed by atoms with Gasteiger partial charge in [0.2, 0.25) is 5.91 Å². The summed E-state index contributed by atoms with van der Waals surface area (Å²) in [7, 11) is 0. The molecule has 5 heteroatoms. The Hall–Kier alpha value is -3.08. The minimum absolute atomic E-state index is 0.0411. The number of carbonyl (C=O) groups excluding carboxylic acids is 2. The van der Waals surface area contributed by atoms with E-state index in [2.05, 4.69) is 24.9 Å². The molecule has 3 aromatic rings. The van der Waals surface area contributed by atoms with Crippen LogP contribution < -0.4 is 0 Å². The predicted molar refractivity (Wildman–Crippen MR) is 117 cm³/mol. The van der Waals surface area contributed by atoms with Gasteiger partial charge >= 0.3 is 0 Å². The molecule has 1 N–H and O–H groups in total. The molecule has 2 aliphatic rings. The number of hydrogen-bond acceptors (Lipinski definition) is 2. The first-order valence-corrected chi connectivity index (χ1v) is 10.8. The van der Waals surface area contributed by atoms with Crippen LogP contribution in [0.3, 0.4) is 0 Å². The highest BCUT2D eigenvalue weighted by Gasteiger charge is 2.40. The van der Waals surface area contributed by atoms with Gasteiger partial charge in [-0.15, -0.1) is 0 Å². The summed E-state index contributed by atoms with van der Waals surface area (Å²) in [4.78, 5) is 33.6. The maximum Gasteiger partial charge on any atom is 0.255 e. The number of piperidine rings is 1. The summed E-state index contributed by atoms with van der Waals surface area (Å²) in [5.74, 6) is 0.967. The molecule has 30 heavy (non-hydrogen) atoms. The number of benzene rings is 2. The fourth-order valence-corrected chi connectivity index (χ4v) is 5.30. The number of para-hydroxylation sites is 1. The van der Waals surface area contributed by atoms with E-state index in [-0.39, 0.29) is 24.4 Å². The molecule has 5 nitrogen and oxygen atoms in total. The minimum atomic E-state index is -0.256. The summed E-state index contributed by atoms with van der Waals surface area (Å²) >= 11 is 0. The average Bonchev–Trinajstić information content (AvgIpc) is 3.27. The van der Waals surface area contributed by atoms with E-state index in [4.69, 9.17) is 0 Å². The number of aromatic amines is 1. The van der Waals surface area contributed by atoms with E-state index in [9.17, 15) is 9.59 Å². The minimum Gasteiger partial charge on any atom is -0.361 e. The van der Waals surface area contributed by atoms with Gasteiger partial charge < -0.3 is 14.8 Å². The summed E-state index contributed by atoms with van der Waals surface area (Å²) in [5, 5.41) is 1.09. The Balaban J connectivity index is 1.52. The number of H-pyrrole nitrogens is 1. The van der Waals surface area contributed by atoms with Crippen molar-refractivity contribution in [1.82, 2.24) is 14.8 Å². The van der Waals surface area contributed by atoms with E-state index in [1.807, 2.05) is 53.6 Å². The largest absolute Gasteiger partial charge is 0.361 e. The molecule has 2 aliphatic heterocycles. The lowest BCUT2D eigenvalue weighted by molar-refractivity contribution is -0.134. The SMILES string of the molecule is CC1CC(C)CN(C(=O)CN2C(=O)c3ccccc3C2c2c[nH]c3ccccc23)C1. The number of fused-ring (bicyclic) bond motifs is 2. The molecular formula is C25H27N3O2. The second-order valence-electron chi connectivity index (χ2n) is 8.96. The molecule has 3 unspecified atom stereocenters. The van der Waals surface area contributed by atoms with Gasteiger partial charge in [0.15, 0.2) is 0 Å². The molecule has 2 aromatic carbocycles. The molecule has 2 amide bonds. The molecular weight excluding hydrogens is 374 g/mol. The number of nitrogens with one attached hydrogen (secondary N) is 1. The van der Waals surface area contributed by atoms with Crippen molar-refractivity contribution in [2.45, 2.75) is 26.3 Å². The Morgan fingerprint density at radius 3 is 2.50 bits per heavy atom. The Morgan fingerprint density at radius 2 is 1.70 bits per heavy atom. The number of rotatable bonds is 3. The summed E-state index contributed by atoms with van der Waals surface area (Å²) in [5.41, 5.74) is 3.74. The zero-order valence-corrected chi connectivity index (χ0v) is 17.5. The van der Waals surface area contributed by atoms with E-state index >= 15 is 0 Å². The maximum atomic E-state index is 13.3. The highest BCUT2D eigenvalue weighted by Crippen LogP contribution is 2.41. The summed E-state index contributed by atoms with van der Waals surface area (Å²) in [6.45, 7) is 6.05. The van der Waals surface area contributed by atoms with Crippen LogP contribution in [-0.2, 0) is 4.79 Å². The molecule has 0 saturated carbocycles. The Morgan fingerprint density at radius 1 is 1.00 bits per heavy atom. The van der Waals surface area contributed by atoms with Crippen molar-refractivity contribution < 1.29 is 9.59 Å². The molecule has 0 radical (unpaired) electrons. The highest BCUT2D eigenvalue weighted by atomic mass is 16.2. The van der Waals surface area contributed by atoms with Crippen LogP contribution in [-0.4, -0.2) is 46.2 Å². The van der Waals surface area contributed by atoms with Gasteiger partial charge in [-0.3, -0.25) is 9.59 Å². The maximum absolute atomic E-state index is 13.3. The first-order valence-electron chi connectivity index (χ1n) is 10.8. The van der Waals surface area contributed by atoms with Gasteiger partial charge in [-0.05, 0) is 36.0 Å². The van der Waals surface area contributed by atoms with Crippen molar-refractivity contribution in [3.05, 3.63) is 71.4 Å². The molecule has 3 heterocycles. The zero-order chi connectivity index (χ0) is 20.8. The molecule has 0 spiro atoms. The van der Waals surface area contributed by atoms with Crippen LogP contribution >= 0.6 is 0 Å². The van der Waals surface area contributed by atoms with Gasteiger partial charge in [0, 0.05) is 41.3 Å². The monoisotopic (exact) mass is 401 g/mol. The van der Waals surface area contributed by atoms with Crippen molar-refractivity contribution in [1.29, 1.82) is 0 Å². The normalized spacial score (nSPS) is 23.8. The standard InChI is InChI=1S/C25H27N3O2/c1-16-11-17(2)14-27(13-16)23(29)15-28-24(19-8-3-4-9-20(19)25(28)30)21-12-26-22-10-6-5-7-18(21)22/h3-10,12,16-17,24,26H,11,13-15H2,1-2H3. The van der Waals surface area contributed by atoms with Crippen LogP contribution in [0.4, 0.5) is 0 Å². The van der Waals surface area contributed by atoms with E-state index in [1.54, 1.807) is 4.90 Å². The van der Waals surface area contributed by atoms with Crippen LogP contribution in [0, 0.1) is 11.8 Å². The van der Waals surface area contributed by atoms with Crippen LogP contribution in [0.5, 0.6) is 0 Å². The number of amides is 2. The van der Waals surface area contributed by atoms with Crippen molar-refractivity contribution in [2.75, 3.05) is 19.6 Å². The van der Waals surface area contributed by atoms with Gasteiger partial charge in [0.1, 0.15) is 6.54 Å². The van der Waals surface area contributed by atoms with Crippen molar-refractivity contribution in [2.24, 2.45) is 11.8 Å². The molecule has 154 valence electrons. The predicted octanol–water partition coefficient (Wildman–Crippen LogP) is 4.22. The van der Waals surface area contributed by atoms with E-state index in [0.29, 0.717) is 17.4 Å². The fraction of sp³-hybridized carbons (Fsp3) is 0.360. The molecule has 1 aromatic heterocycles. The van der Waals surface area contributed by atoms with Crippen molar-refractivity contribution in [3.8, 4) is 0 Å². The first-order chi connectivity index (χ1) is 14.5. The molecule has 0 aliphatic carbocycles. The van der Waals surface area contributed by atoms with Gasteiger partial charge in [0.25, 0.3) is 5.91 Å². The average molecular weight is 402 g/mol. The third kappa shape index (κ3) is 3.09. The van der Waals surface area contributed by atoms with Gasteiger partial charge in [-0.2, -0.15) is 0 Å². The Kier molecular flexibility index (Phi) is 4.61. The van der Waals surface area contributed by atoms with Crippen LogP contribution in [0.15, 0.2) is 54.7 Å². The van der Waals surface area contributed by atoms with E-state index in [1.165, 1.54) is 0 Å². The Labute approximate surface area is 176 Å². The summed E-state index contributed by atoms with van der Waals surface area (Å²) in [6, 6.07) is 15.6. The lowest BCUT2D eigenvalue weighted by Crippen LogP contribution is -2.47. The number of aromatic nitrogens is 1. The lowest BCUT2D eigenvalue weighted by Gasteiger charge is -2.36. The second kappa shape index (κ2) is 7.31. The first kappa shape index (κ1) is 18.9. The van der Waals surface area contributed by atoms with Crippen molar-refractivity contribution >= 4 is 22.7 Å². The topological polar surface area (TPSA) is 56.4 Å². The van der Waals surface area contributed by atoms with E-state index < -0.39 is 0 Å². The quantitative estimate of drug-likeness (QED) is 0.714. The van der Waals surface area contributed by atoms with Gasteiger partial charge in [0.05, 0.1) is 6.04 Å². The molecule has 5 rings (SSSR count). The third-order valence-electron chi connectivity index (χ3n) is 6.50. The van der Waals surface area contributed by atoms with Crippen molar-refractivity contribution in [3.63, 3.8) is 0 Å². The lowest BCUT2D eigenvalue weighted by atomic mass is 9.92. The number of nitrogens with zero attached hydrogens (tertiary/aromatic N) is 2. The van der Waals surface area contributed by atoms with Gasteiger partial charge in [-0.25, -0.2) is 0 Å². The van der Waals surface area contributed by atoms with Gasteiger partial charge in [-0.1, -0.05) is 50.2 Å².